The molecule has 0 fully saturated rings. The van der Waals surface area contributed by atoms with E-state index in [1.54, 1.807) is 12.2 Å². The Morgan fingerprint density at radius 2 is 1.93 bits per heavy atom. The second kappa shape index (κ2) is 4.96. The van der Waals surface area contributed by atoms with Crippen LogP contribution in [0.5, 0.6) is 0 Å². The summed E-state index contributed by atoms with van der Waals surface area (Å²) in [6.45, 7) is 0. The fourth-order valence-electron chi connectivity index (χ4n) is 1.05. The summed E-state index contributed by atoms with van der Waals surface area (Å²) in [5.41, 5.74) is 0. The van der Waals surface area contributed by atoms with Crippen molar-refractivity contribution in [3.63, 3.8) is 0 Å². The molecule has 0 N–H and O–H groups in total. The first-order valence-corrected chi connectivity index (χ1v) is 10.6. The van der Waals surface area contributed by atoms with Crippen LogP contribution in [0.4, 0.5) is 0 Å². The molecule has 0 aliphatic carbocycles. The Morgan fingerprint density at radius 1 is 1.07 bits per heavy atom. The van der Waals surface area contributed by atoms with E-state index < -0.39 is 9.84 Å². The molecule has 5 heteroatoms. The number of allylic oxidation sites excluding steroid dienone is 5. The van der Waals surface area contributed by atoms with Crippen molar-refractivity contribution >= 4 is 59.3 Å². The first kappa shape index (κ1) is 11.6. The molecule has 80 valence electrons. The minimum absolute atomic E-state index is 0.217. The molecule has 0 spiro atoms. The molecule has 0 radical (unpaired) electrons. The first-order chi connectivity index (χ1) is 7.21. The van der Waals surface area contributed by atoms with E-state index in [1.165, 1.54) is 0 Å². The third-order valence-corrected chi connectivity index (χ3v) is 8.09. The lowest BCUT2D eigenvalue weighted by atomic mass is 10.5. The maximum Gasteiger partial charge on any atom is 0.207 e. The molecular weight excluding hydrogens is 438 g/mol. The van der Waals surface area contributed by atoms with Crippen LogP contribution in [-0.4, -0.2) is 16.4 Å². The second-order valence-electron chi connectivity index (χ2n) is 2.75. The Bertz CT molecular complexity index is 502. The summed E-state index contributed by atoms with van der Waals surface area (Å²) in [5, 5.41) is 0. The third kappa shape index (κ3) is 2.62. The molecular formula is C10H8I2O2S. The Labute approximate surface area is 109 Å². The molecule has 2 aliphatic rings. The van der Waals surface area contributed by atoms with Gasteiger partial charge in [0.05, 0.1) is 9.81 Å². The zero-order valence-corrected chi connectivity index (χ0v) is 12.7. The van der Waals surface area contributed by atoms with Crippen molar-refractivity contribution in [1.29, 1.82) is 0 Å². The number of rotatable bonds is 2. The molecule has 0 atom stereocenters. The van der Waals surface area contributed by atoms with Gasteiger partial charge in [-0.2, -0.15) is 0 Å². The van der Waals surface area contributed by atoms with Crippen LogP contribution >= 0.6 is 41.5 Å². The molecule has 15 heavy (non-hydrogen) atoms. The van der Waals surface area contributed by atoms with Crippen molar-refractivity contribution in [2.45, 2.75) is 0 Å². The minimum Gasteiger partial charge on any atom is -0.218 e. The van der Waals surface area contributed by atoms with Gasteiger partial charge in [-0.15, -0.1) is 0 Å². The van der Waals surface area contributed by atoms with E-state index in [0.717, 1.165) is 0 Å². The van der Waals surface area contributed by atoms with Gasteiger partial charge in [-0.1, -0.05) is 53.6 Å². The van der Waals surface area contributed by atoms with Crippen molar-refractivity contribution in [1.82, 2.24) is 0 Å². The average molecular weight is 446 g/mol. The molecule has 0 amide bonds. The smallest absolute Gasteiger partial charge is 0.207 e. The summed E-state index contributed by atoms with van der Waals surface area (Å²) in [7, 11) is -3.22. The summed E-state index contributed by atoms with van der Waals surface area (Å²) in [6, 6.07) is 0. The van der Waals surface area contributed by atoms with Gasteiger partial charge in [0, 0.05) is 0 Å². The van der Waals surface area contributed by atoms with E-state index in [0.29, 0.717) is 9.81 Å². The summed E-state index contributed by atoms with van der Waals surface area (Å²) in [4.78, 5) is 0.944. The molecule has 0 aromatic carbocycles. The fraction of sp³-hybridized carbons (Fsp3) is 0. The number of hydrogen-bond acceptors (Lipinski definition) is 2. The molecule has 0 aromatic heterocycles. The largest absolute Gasteiger partial charge is 0.218 e. The summed E-state index contributed by atoms with van der Waals surface area (Å²) < 4.78 is 32.0. The standard InChI is InChI=1S/C10H8I2O2S/c13-15(14,9-3-1-5-11-7-9)10-4-2-6-12-8-10/h1-8H. The van der Waals surface area contributed by atoms with Gasteiger partial charge in [0.15, 0.2) is 0 Å². The lowest BCUT2D eigenvalue weighted by molar-refractivity contribution is 0.610. The third-order valence-electron chi connectivity index (χ3n) is 1.77. The summed E-state index contributed by atoms with van der Waals surface area (Å²) in [5.74, 6) is 0. The molecule has 2 heterocycles. The van der Waals surface area contributed by atoms with Gasteiger partial charge in [-0.3, -0.25) is 0 Å². The maximum absolute atomic E-state index is 12.1. The first-order valence-electron chi connectivity index (χ1n) is 4.10. The Morgan fingerprint density at radius 3 is 2.53 bits per heavy atom. The number of hydrogen-bond donors (Lipinski definition) is 0. The zero-order valence-electron chi connectivity index (χ0n) is 7.60. The predicted octanol–water partition coefficient (Wildman–Crippen LogP) is 2.77. The van der Waals surface area contributed by atoms with Gasteiger partial charge in [0.1, 0.15) is 0 Å². The highest BCUT2D eigenvalue weighted by atomic mass is 127. The van der Waals surface area contributed by atoms with E-state index >= 15 is 0 Å². The molecule has 0 bridgehead atoms. The van der Waals surface area contributed by atoms with E-state index in [1.807, 2.05) is 28.3 Å². The van der Waals surface area contributed by atoms with Crippen molar-refractivity contribution < 1.29 is 8.42 Å². The Kier molecular flexibility index (Phi) is 3.83. The van der Waals surface area contributed by atoms with Crippen LogP contribution in [0.15, 0.2) is 42.3 Å². The van der Waals surface area contributed by atoms with Crippen molar-refractivity contribution in [2.75, 3.05) is 0 Å². The van der Waals surface area contributed by atoms with Crippen molar-refractivity contribution in [2.24, 2.45) is 0 Å². The quantitative estimate of drug-likeness (QED) is 0.612. The van der Waals surface area contributed by atoms with Gasteiger partial charge >= 0.3 is 0 Å². The van der Waals surface area contributed by atoms with Gasteiger partial charge in [0.2, 0.25) is 9.84 Å². The highest BCUT2D eigenvalue weighted by Crippen LogP contribution is 2.25. The maximum atomic E-state index is 12.1. The van der Waals surface area contributed by atoms with E-state index in [2.05, 4.69) is 0 Å². The van der Waals surface area contributed by atoms with Crippen LogP contribution in [0.25, 0.3) is 0 Å². The van der Waals surface area contributed by atoms with E-state index in [4.69, 9.17) is 0 Å². The van der Waals surface area contributed by atoms with Crippen LogP contribution in [0.1, 0.15) is 0 Å². The molecule has 0 unspecified atom stereocenters. The Hall–Kier alpha value is 0.110. The molecule has 2 aliphatic heterocycles. The normalized spacial score (nSPS) is 20.0. The van der Waals surface area contributed by atoms with Crippen LogP contribution in [0, 0.1) is 0 Å². The van der Waals surface area contributed by atoms with Crippen LogP contribution in [0.2, 0.25) is 0 Å². The lowest BCUT2D eigenvalue weighted by Gasteiger charge is -2.07. The fourth-order valence-corrected chi connectivity index (χ4v) is 7.20. The van der Waals surface area contributed by atoms with Gasteiger partial charge in [-0.05, 0) is 28.3 Å². The zero-order chi connectivity index (χ0) is 10.7. The molecule has 2 rings (SSSR count). The van der Waals surface area contributed by atoms with E-state index in [9.17, 15) is 8.42 Å². The van der Waals surface area contributed by atoms with Crippen LogP contribution in [-0.2, 0) is 9.84 Å². The van der Waals surface area contributed by atoms with Crippen LogP contribution < -0.4 is 0 Å². The van der Waals surface area contributed by atoms with Gasteiger partial charge in [0.25, 0.3) is 0 Å². The highest BCUT2D eigenvalue weighted by molar-refractivity contribution is 14.2. The molecule has 0 saturated heterocycles. The lowest BCUT2D eigenvalue weighted by Crippen LogP contribution is -2.07. The predicted molar refractivity (Wildman–Crippen MR) is 83.5 cm³/mol. The SMILES string of the molecule is O=S(=O)(C1=CC=CI=C1)C1=CI=CC=C1. The number of halogens is 2. The van der Waals surface area contributed by atoms with Crippen molar-refractivity contribution in [3.05, 3.63) is 42.3 Å². The topological polar surface area (TPSA) is 34.1 Å². The Balaban J connectivity index is 2.44. The second-order valence-corrected chi connectivity index (χ2v) is 8.82. The minimum atomic E-state index is -3.22. The molecule has 0 aromatic rings. The van der Waals surface area contributed by atoms with Gasteiger partial charge < -0.3 is 0 Å². The van der Waals surface area contributed by atoms with Crippen LogP contribution in [0.3, 0.4) is 0 Å². The van der Waals surface area contributed by atoms with Crippen molar-refractivity contribution in [3.8, 4) is 0 Å². The van der Waals surface area contributed by atoms with Gasteiger partial charge in [-0.25, -0.2) is 8.42 Å². The number of sulfone groups is 1. The summed E-state index contributed by atoms with van der Waals surface area (Å²) >= 11 is -0.434. The summed E-state index contributed by atoms with van der Waals surface area (Å²) in [6.07, 6.45) is 7.05. The highest BCUT2D eigenvalue weighted by Gasteiger charge is 2.20. The van der Waals surface area contributed by atoms with E-state index in [-0.39, 0.29) is 41.5 Å². The molecule has 2 nitrogen and oxygen atoms in total. The molecule has 0 saturated carbocycles. The average Bonchev–Trinajstić information content (AvgIpc) is 2.31. The monoisotopic (exact) mass is 446 g/mol.